The van der Waals surface area contributed by atoms with Crippen molar-refractivity contribution in [3.63, 3.8) is 0 Å². The largest absolute Gasteiger partial charge is 0.363 e. The van der Waals surface area contributed by atoms with Crippen molar-refractivity contribution in [2.24, 2.45) is 0 Å². The SMILES string of the molecule is CCn1nc(C)c([N+](=O)[O-])c1NCC1CN(C)CCN1C. The van der Waals surface area contributed by atoms with Crippen LogP contribution in [-0.4, -0.2) is 70.8 Å². The van der Waals surface area contributed by atoms with Gasteiger partial charge in [-0.2, -0.15) is 5.10 Å². The summed E-state index contributed by atoms with van der Waals surface area (Å²) in [6.07, 6.45) is 0. The van der Waals surface area contributed by atoms with Crippen LogP contribution in [0.5, 0.6) is 0 Å². The predicted octanol–water partition coefficient (Wildman–Crippen LogP) is 0.777. The number of aryl methyl sites for hydroxylation is 2. The Bertz CT molecular complexity index is 515. The van der Waals surface area contributed by atoms with Gasteiger partial charge in [-0.05, 0) is 27.9 Å². The number of rotatable bonds is 5. The number of hydrogen-bond acceptors (Lipinski definition) is 6. The standard InChI is InChI=1S/C13H24N6O2/c1-5-18-13(12(19(20)21)10(2)15-18)14-8-11-9-16(3)6-7-17(11)4/h11,14H,5-9H2,1-4H3. The highest BCUT2D eigenvalue weighted by molar-refractivity contribution is 5.59. The number of piperazine rings is 1. The fourth-order valence-electron chi connectivity index (χ4n) is 2.73. The van der Waals surface area contributed by atoms with E-state index in [2.05, 4.69) is 34.3 Å². The van der Waals surface area contributed by atoms with Gasteiger partial charge in [-0.25, -0.2) is 4.68 Å². The van der Waals surface area contributed by atoms with E-state index >= 15 is 0 Å². The van der Waals surface area contributed by atoms with Gasteiger partial charge in [0.15, 0.2) is 0 Å². The van der Waals surface area contributed by atoms with Crippen LogP contribution >= 0.6 is 0 Å². The molecule has 8 heteroatoms. The minimum absolute atomic E-state index is 0.0867. The van der Waals surface area contributed by atoms with Crippen molar-refractivity contribution < 1.29 is 4.92 Å². The van der Waals surface area contributed by atoms with E-state index in [0.29, 0.717) is 30.6 Å². The van der Waals surface area contributed by atoms with Crippen LogP contribution in [0.3, 0.4) is 0 Å². The molecule has 0 spiro atoms. The fourth-order valence-corrected chi connectivity index (χ4v) is 2.73. The molecule has 2 heterocycles. The Morgan fingerprint density at radius 3 is 2.76 bits per heavy atom. The van der Waals surface area contributed by atoms with Crippen LogP contribution in [-0.2, 0) is 6.54 Å². The zero-order valence-electron chi connectivity index (χ0n) is 13.2. The molecule has 1 unspecified atom stereocenters. The van der Waals surface area contributed by atoms with Gasteiger partial charge >= 0.3 is 5.69 Å². The lowest BCUT2D eigenvalue weighted by Crippen LogP contribution is -2.52. The molecule has 1 atom stereocenters. The number of nitrogens with one attached hydrogen (secondary N) is 1. The summed E-state index contributed by atoms with van der Waals surface area (Å²) in [7, 11) is 4.19. The van der Waals surface area contributed by atoms with E-state index in [1.165, 1.54) is 0 Å². The molecule has 8 nitrogen and oxygen atoms in total. The molecule has 0 saturated carbocycles. The Morgan fingerprint density at radius 1 is 1.43 bits per heavy atom. The Kier molecular flexibility index (Phi) is 4.79. The van der Waals surface area contributed by atoms with Gasteiger partial charge in [0.05, 0.1) is 4.92 Å². The van der Waals surface area contributed by atoms with Crippen LogP contribution in [0.15, 0.2) is 0 Å². The second-order valence-corrected chi connectivity index (χ2v) is 5.63. The second kappa shape index (κ2) is 6.40. The zero-order chi connectivity index (χ0) is 15.6. The summed E-state index contributed by atoms with van der Waals surface area (Å²) in [4.78, 5) is 15.5. The summed E-state index contributed by atoms with van der Waals surface area (Å²) >= 11 is 0. The normalized spacial score (nSPS) is 20.7. The molecule has 0 aromatic carbocycles. The third-order valence-electron chi connectivity index (χ3n) is 4.06. The van der Waals surface area contributed by atoms with E-state index in [-0.39, 0.29) is 10.6 Å². The van der Waals surface area contributed by atoms with Gasteiger partial charge in [-0.1, -0.05) is 0 Å². The van der Waals surface area contributed by atoms with E-state index in [1.807, 2.05) is 6.92 Å². The number of nitrogens with zero attached hydrogens (tertiary/aromatic N) is 5. The molecule has 118 valence electrons. The van der Waals surface area contributed by atoms with Crippen molar-refractivity contribution in [3.05, 3.63) is 15.8 Å². The van der Waals surface area contributed by atoms with Gasteiger partial charge in [0.1, 0.15) is 5.69 Å². The molecule has 1 aromatic rings. The Labute approximate surface area is 124 Å². The zero-order valence-corrected chi connectivity index (χ0v) is 13.2. The van der Waals surface area contributed by atoms with Crippen LogP contribution in [0.1, 0.15) is 12.6 Å². The summed E-state index contributed by atoms with van der Waals surface area (Å²) in [5.74, 6) is 0.515. The van der Waals surface area contributed by atoms with E-state index in [0.717, 1.165) is 19.6 Å². The number of hydrogen-bond donors (Lipinski definition) is 1. The van der Waals surface area contributed by atoms with E-state index in [9.17, 15) is 10.1 Å². The maximum absolute atomic E-state index is 11.2. The average Bonchev–Trinajstić information content (AvgIpc) is 2.75. The third kappa shape index (κ3) is 3.33. The Balaban J connectivity index is 2.13. The molecular formula is C13H24N6O2. The minimum Gasteiger partial charge on any atom is -0.363 e. The molecule has 0 amide bonds. The summed E-state index contributed by atoms with van der Waals surface area (Å²) in [6, 6.07) is 0.337. The van der Waals surface area contributed by atoms with E-state index in [1.54, 1.807) is 11.6 Å². The lowest BCUT2D eigenvalue weighted by molar-refractivity contribution is -0.384. The first kappa shape index (κ1) is 15.7. The van der Waals surface area contributed by atoms with Crippen LogP contribution in [0.25, 0.3) is 0 Å². The lowest BCUT2D eigenvalue weighted by Gasteiger charge is -2.37. The van der Waals surface area contributed by atoms with Crippen LogP contribution in [0.4, 0.5) is 11.5 Å². The molecule has 21 heavy (non-hydrogen) atoms. The monoisotopic (exact) mass is 296 g/mol. The molecular weight excluding hydrogens is 272 g/mol. The first-order chi connectivity index (χ1) is 9.93. The highest BCUT2D eigenvalue weighted by Crippen LogP contribution is 2.28. The van der Waals surface area contributed by atoms with Crippen molar-refractivity contribution in [1.29, 1.82) is 0 Å². The van der Waals surface area contributed by atoms with Gasteiger partial charge < -0.3 is 10.2 Å². The minimum atomic E-state index is -0.354. The predicted molar refractivity (Wildman–Crippen MR) is 81.7 cm³/mol. The topological polar surface area (TPSA) is 79.5 Å². The third-order valence-corrected chi connectivity index (χ3v) is 4.06. The van der Waals surface area contributed by atoms with Crippen LogP contribution < -0.4 is 5.32 Å². The molecule has 0 bridgehead atoms. The summed E-state index contributed by atoms with van der Waals surface area (Å²) in [6.45, 7) is 7.91. The van der Waals surface area contributed by atoms with E-state index in [4.69, 9.17) is 0 Å². The van der Waals surface area contributed by atoms with Gasteiger partial charge in [0.2, 0.25) is 5.82 Å². The van der Waals surface area contributed by atoms with Gasteiger partial charge in [0, 0.05) is 38.8 Å². The summed E-state index contributed by atoms with van der Waals surface area (Å²) in [5.41, 5.74) is 0.544. The molecule has 1 fully saturated rings. The van der Waals surface area contributed by atoms with Crippen molar-refractivity contribution in [2.45, 2.75) is 26.4 Å². The molecule has 1 saturated heterocycles. The molecule has 0 radical (unpaired) electrons. The van der Waals surface area contributed by atoms with Gasteiger partial charge in [-0.15, -0.1) is 0 Å². The summed E-state index contributed by atoms with van der Waals surface area (Å²) < 4.78 is 1.67. The highest BCUT2D eigenvalue weighted by atomic mass is 16.6. The molecule has 2 rings (SSSR count). The molecule has 1 aromatic heterocycles. The molecule has 1 aliphatic heterocycles. The van der Waals surface area contributed by atoms with Crippen molar-refractivity contribution >= 4 is 11.5 Å². The molecule has 1 aliphatic rings. The number of nitro groups is 1. The first-order valence-electron chi connectivity index (χ1n) is 7.28. The quantitative estimate of drug-likeness (QED) is 0.639. The second-order valence-electron chi connectivity index (χ2n) is 5.63. The Hall–Kier alpha value is -1.67. The van der Waals surface area contributed by atoms with Gasteiger partial charge in [-0.3, -0.25) is 15.0 Å². The maximum atomic E-state index is 11.2. The highest BCUT2D eigenvalue weighted by Gasteiger charge is 2.27. The van der Waals surface area contributed by atoms with Crippen molar-refractivity contribution in [1.82, 2.24) is 19.6 Å². The first-order valence-corrected chi connectivity index (χ1v) is 7.28. The average molecular weight is 296 g/mol. The molecule has 1 N–H and O–H groups in total. The Morgan fingerprint density at radius 2 is 2.14 bits per heavy atom. The number of likely N-dealkylation sites (N-methyl/N-ethyl adjacent to an activating group) is 2. The van der Waals surface area contributed by atoms with Crippen LogP contribution in [0, 0.1) is 17.0 Å². The number of anilines is 1. The maximum Gasteiger partial charge on any atom is 0.333 e. The lowest BCUT2D eigenvalue weighted by atomic mass is 10.2. The molecule has 0 aliphatic carbocycles. The smallest absolute Gasteiger partial charge is 0.333 e. The fraction of sp³-hybridized carbons (Fsp3) is 0.769. The van der Waals surface area contributed by atoms with Gasteiger partial charge in [0.25, 0.3) is 0 Å². The van der Waals surface area contributed by atoms with E-state index < -0.39 is 0 Å². The van der Waals surface area contributed by atoms with Crippen molar-refractivity contribution in [3.8, 4) is 0 Å². The number of aromatic nitrogens is 2. The van der Waals surface area contributed by atoms with Crippen molar-refractivity contribution in [2.75, 3.05) is 45.6 Å². The van der Waals surface area contributed by atoms with Crippen LogP contribution in [0.2, 0.25) is 0 Å². The summed E-state index contributed by atoms with van der Waals surface area (Å²) in [5, 5.41) is 18.7.